The third kappa shape index (κ3) is 4.73. The van der Waals surface area contributed by atoms with Crippen LogP contribution in [0.2, 0.25) is 0 Å². The number of hydrogen-bond acceptors (Lipinski definition) is 4. The normalized spacial score (nSPS) is 12.3. The Morgan fingerprint density at radius 2 is 1.76 bits per heavy atom. The Morgan fingerprint density at radius 1 is 1.12 bits per heavy atom. The molecule has 1 amide bonds. The predicted octanol–water partition coefficient (Wildman–Crippen LogP) is 2.56. The van der Waals surface area contributed by atoms with E-state index < -0.39 is 16.1 Å². The van der Waals surface area contributed by atoms with Crippen molar-refractivity contribution in [1.29, 1.82) is 0 Å². The number of carbonyl (C=O) groups excluding carboxylic acids is 1. The molecule has 0 saturated carbocycles. The molecule has 0 spiro atoms. The van der Waals surface area contributed by atoms with E-state index in [9.17, 15) is 13.2 Å². The highest BCUT2D eigenvalue weighted by Crippen LogP contribution is 2.22. The number of sulfonamides is 1. The molecule has 0 aliphatic carbocycles. The van der Waals surface area contributed by atoms with E-state index in [4.69, 9.17) is 4.74 Å². The molecular formula is C18H22N2O4S. The largest absolute Gasteiger partial charge is 0.481 e. The molecular weight excluding hydrogens is 340 g/mol. The first kappa shape index (κ1) is 18.8. The van der Waals surface area contributed by atoms with Crippen molar-refractivity contribution in [2.45, 2.75) is 31.3 Å². The van der Waals surface area contributed by atoms with Crippen molar-refractivity contribution in [3.05, 3.63) is 54.1 Å². The number of aryl methyl sites for hydroxylation is 1. The van der Waals surface area contributed by atoms with Gasteiger partial charge in [-0.2, -0.15) is 0 Å². The summed E-state index contributed by atoms with van der Waals surface area (Å²) in [6, 6.07) is 13.2. The van der Waals surface area contributed by atoms with Gasteiger partial charge in [-0.3, -0.25) is 9.52 Å². The highest BCUT2D eigenvalue weighted by Gasteiger charge is 2.17. The average Bonchev–Trinajstić information content (AvgIpc) is 2.61. The van der Waals surface area contributed by atoms with Gasteiger partial charge in [-0.1, -0.05) is 25.1 Å². The maximum atomic E-state index is 12.5. The van der Waals surface area contributed by atoms with Crippen LogP contribution in [0.4, 0.5) is 5.69 Å². The van der Waals surface area contributed by atoms with Crippen molar-refractivity contribution >= 4 is 21.6 Å². The number of rotatable bonds is 7. The molecule has 2 aromatic carbocycles. The van der Waals surface area contributed by atoms with Gasteiger partial charge in [0.2, 0.25) is 0 Å². The Balaban J connectivity index is 2.16. The molecule has 0 radical (unpaired) electrons. The van der Waals surface area contributed by atoms with Crippen LogP contribution in [0.25, 0.3) is 0 Å². The number of amides is 1. The molecule has 0 bridgehead atoms. The standard InChI is InChI=1S/C18H22N2O4S/c1-4-14-7-5-6-8-17(14)20-25(22,23)16-11-9-15(10-12-16)24-13(2)18(21)19-3/h5-13,20H,4H2,1-3H3,(H,19,21)/t13-/m1/s1. The summed E-state index contributed by atoms with van der Waals surface area (Å²) in [7, 11) is -2.17. The number of likely N-dealkylation sites (N-methyl/N-ethyl adjacent to an activating group) is 1. The molecule has 0 fully saturated rings. The highest BCUT2D eigenvalue weighted by molar-refractivity contribution is 7.92. The fourth-order valence-electron chi connectivity index (χ4n) is 2.29. The van der Waals surface area contributed by atoms with E-state index in [1.165, 1.54) is 31.3 Å². The smallest absolute Gasteiger partial charge is 0.261 e. The Bertz CT molecular complexity index is 832. The molecule has 134 valence electrons. The van der Waals surface area contributed by atoms with Crippen molar-refractivity contribution in [2.75, 3.05) is 11.8 Å². The molecule has 6 nitrogen and oxygen atoms in total. The number of carbonyl (C=O) groups is 1. The van der Waals surface area contributed by atoms with Crippen molar-refractivity contribution in [3.63, 3.8) is 0 Å². The zero-order valence-electron chi connectivity index (χ0n) is 14.4. The Hall–Kier alpha value is -2.54. The molecule has 1 atom stereocenters. The number of nitrogens with one attached hydrogen (secondary N) is 2. The van der Waals surface area contributed by atoms with E-state index in [-0.39, 0.29) is 10.8 Å². The van der Waals surface area contributed by atoms with Gasteiger partial charge in [0.05, 0.1) is 10.6 Å². The van der Waals surface area contributed by atoms with Crippen LogP contribution >= 0.6 is 0 Å². The first-order valence-electron chi connectivity index (χ1n) is 7.96. The summed E-state index contributed by atoms with van der Waals surface area (Å²) < 4.78 is 33.2. The van der Waals surface area contributed by atoms with Gasteiger partial charge < -0.3 is 10.1 Å². The van der Waals surface area contributed by atoms with Gasteiger partial charge in [0.15, 0.2) is 6.10 Å². The SMILES string of the molecule is CCc1ccccc1NS(=O)(=O)c1ccc(O[C@H](C)C(=O)NC)cc1. The van der Waals surface area contributed by atoms with Crippen molar-refractivity contribution in [1.82, 2.24) is 5.32 Å². The van der Waals surface area contributed by atoms with E-state index >= 15 is 0 Å². The van der Waals surface area contributed by atoms with Crippen LogP contribution in [-0.2, 0) is 21.2 Å². The van der Waals surface area contributed by atoms with Gasteiger partial charge in [-0.15, -0.1) is 0 Å². The Morgan fingerprint density at radius 3 is 2.36 bits per heavy atom. The second-order valence-corrected chi connectivity index (χ2v) is 7.14. The van der Waals surface area contributed by atoms with Crippen molar-refractivity contribution in [3.8, 4) is 5.75 Å². The minimum atomic E-state index is -3.70. The highest BCUT2D eigenvalue weighted by atomic mass is 32.2. The van der Waals surface area contributed by atoms with Gasteiger partial charge in [-0.25, -0.2) is 8.42 Å². The topological polar surface area (TPSA) is 84.5 Å². The third-order valence-electron chi connectivity index (χ3n) is 3.71. The van der Waals surface area contributed by atoms with Crippen LogP contribution < -0.4 is 14.8 Å². The summed E-state index contributed by atoms with van der Waals surface area (Å²) in [4.78, 5) is 11.6. The summed E-state index contributed by atoms with van der Waals surface area (Å²) in [5.41, 5.74) is 1.49. The Labute approximate surface area is 148 Å². The van der Waals surface area contributed by atoms with Gasteiger partial charge in [0.25, 0.3) is 15.9 Å². The fraction of sp³-hybridized carbons (Fsp3) is 0.278. The summed E-state index contributed by atoms with van der Waals surface area (Å²) >= 11 is 0. The number of benzene rings is 2. The van der Waals surface area contributed by atoms with E-state index in [1.807, 2.05) is 19.1 Å². The molecule has 2 rings (SSSR count). The quantitative estimate of drug-likeness (QED) is 0.793. The molecule has 0 aliphatic rings. The molecule has 0 saturated heterocycles. The lowest BCUT2D eigenvalue weighted by Gasteiger charge is -2.14. The van der Waals surface area contributed by atoms with Gasteiger partial charge >= 0.3 is 0 Å². The third-order valence-corrected chi connectivity index (χ3v) is 5.09. The summed E-state index contributed by atoms with van der Waals surface area (Å²) in [5, 5.41) is 2.49. The summed E-state index contributed by atoms with van der Waals surface area (Å²) in [5.74, 6) is 0.165. The second kappa shape index (κ2) is 8.02. The zero-order valence-corrected chi connectivity index (χ0v) is 15.3. The van der Waals surface area contributed by atoms with E-state index in [0.717, 1.165) is 12.0 Å². The average molecular weight is 362 g/mol. The van der Waals surface area contributed by atoms with E-state index in [2.05, 4.69) is 10.0 Å². The first-order valence-corrected chi connectivity index (χ1v) is 9.44. The molecule has 0 aromatic heterocycles. The van der Waals surface area contributed by atoms with Crippen molar-refractivity contribution in [2.24, 2.45) is 0 Å². The number of hydrogen-bond donors (Lipinski definition) is 2. The van der Waals surface area contributed by atoms with Gasteiger partial charge in [0.1, 0.15) is 5.75 Å². The molecule has 2 aromatic rings. The number of anilines is 1. The fourth-order valence-corrected chi connectivity index (χ4v) is 3.39. The first-order chi connectivity index (χ1) is 11.9. The van der Waals surface area contributed by atoms with Crippen LogP contribution in [0.3, 0.4) is 0 Å². The molecule has 0 unspecified atom stereocenters. The predicted molar refractivity (Wildman–Crippen MR) is 97.2 cm³/mol. The van der Waals surface area contributed by atoms with Crippen LogP contribution in [0.15, 0.2) is 53.4 Å². The van der Waals surface area contributed by atoms with Gasteiger partial charge in [0, 0.05) is 7.05 Å². The molecule has 0 aliphatic heterocycles. The van der Waals surface area contributed by atoms with Crippen LogP contribution in [-0.4, -0.2) is 27.5 Å². The number of para-hydroxylation sites is 1. The minimum absolute atomic E-state index is 0.123. The Kier molecular flexibility index (Phi) is 6.03. The van der Waals surface area contributed by atoms with Gasteiger partial charge in [-0.05, 0) is 49.2 Å². The second-order valence-electron chi connectivity index (χ2n) is 5.46. The van der Waals surface area contributed by atoms with Crippen molar-refractivity contribution < 1.29 is 17.9 Å². The van der Waals surface area contributed by atoms with E-state index in [1.54, 1.807) is 19.1 Å². The molecule has 0 heterocycles. The van der Waals surface area contributed by atoms with Crippen LogP contribution in [0.5, 0.6) is 5.75 Å². The summed E-state index contributed by atoms with van der Waals surface area (Å²) in [6.07, 6.45) is 0.0602. The molecule has 2 N–H and O–H groups in total. The minimum Gasteiger partial charge on any atom is -0.481 e. The number of ether oxygens (including phenoxy) is 1. The lowest BCUT2D eigenvalue weighted by Crippen LogP contribution is -2.33. The van der Waals surface area contributed by atoms with Crippen LogP contribution in [0, 0.1) is 0 Å². The summed E-state index contributed by atoms with van der Waals surface area (Å²) in [6.45, 7) is 3.58. The van der Waals surface area contributed by atoms with E-state index in [0.29, 0.717) is 11.4 Å². The maximum absolute atomic E-state index is 12.5. The lowest BCUT2D eigenvalue weighted by molar-refractivity contribution is -0.126. The van der Waals surface area contributed by atoms with Crippen LogP contribution in [0.1, 0.15) is 19.4 Å². The zero-order chi connectivity index (χ0) is 18.4. The molecule has 25 heavy (non-hydrogen) atoms. The monoisotopic (exact) mass is 362 g/mol. The maximum Gasteiger partial charge on any atom is 0.261 e. The molecule has 7 heteroatoms. The lowest BCUT2D eigenvalue weighted by atomic mass is 10.1.